The Hall–Kier alpha value is -3.44. The van der Waals surface area contributed by atoms with Gasteiger partial charge in [0.1, 0.15) is 5.75 Å². The molecule has 0 aliphatic carbocycles. The molecule has 0 radical (unpaired) electrons. The molecule has 3 aromatic rings. The molecular formula is C19H14N2O7S2. The fourth-order valence-corrected chi connectivity index (χ4v) is 7.15. The lowest BCUT2D eigenvalue weighted by Gasteiger charge is -2.31. The van der Waals surface area contributed by atoms with Gasteiger partial charge in [-0.15, -0.1) is 0 Å². The average Bonchev–Trinajstić information content (AvgIpc) is 2.73. The van der Waals surface area contributed by atoms with E-state index in [2.05, 4.69) is 0 Å². The van der Waals surface area contributed by atoms with Crippen LogP contribution >= 0.6 is 0 Å². The number of benzene rings is 3. The maximum atomic E-state index is 13.4. The standard InChI is InChI=1S/C19H14N2O7S2/c1-28-14-8-11-16-17-4-2-3-5-19(17)30(26,27)21(18(16)12-14)29(24,25)15-9-6-13(7-10-15)20(22)23/h2-12H,1H3. The van der Waals surface area contributed by atoms with Crippen molar-refractivity contribution in [2.24, 2.45) is 0 Å². The third-order valence-corrected chi connectivity index (χ3v) is 8.86. The SMILES string of the molecule is COc1ccc2c(c1)N(S(=O)(=O)c1ccc([N+](=O)[O-])cc1)S(=O)(=O)c1ccccc1-2. The minimum Gasteiger partial charge on any atom is -0.497 e. The summed E-state index contributed by atoms with van der Waals surface area (Å²) in [5.74, 6) is 0.271. The van der Waals surface area contributed by atoms with Crippen molar-refractivity contribution in [3.05, 3.63) is 76.8 Å². The first-order valence-electron chi connectivity index (χ1n) is 8.50. The zero-order valence-corrected chi connectivity index (χ0v) is 17.1. The van der Waals surface area contributed by atoms with Gasteiger partial charge in [0.05, 0.1) is 27.5 Å². The van der Waals surface area contributed by atoms with Crippen LogP contribution in [0.25, 0.3) is 11.1 Å². The Morgan fingerprint density at radius 1 is 0.967 bits per heavy atom. The van der Waals surface area contributed by atoms with Crippen LogP contribution in [0.1, 0.15) is 0 Å². The van der Waals surface area contributed by atoms with Crippen molar-refractivity contribution in [1.82, 2.24) is 0 Å². The highest BCUT2D eigenvalue weighted by Gasteiger charge is 2.43. The van der Waals surface area contributed by atoms with Crippen molar-refractivity contribution in [3.63, 3.8) is 0 Å². The average molecular weight is 446 g/mol. The summed E-state index contributed by atoms with van der Waals surface area (Å²) in [6.07, 6.45) is 0. The Bertz CT molecular complexity index is 1380. The van der Waals surface area contributed by atoms with Crippen LogP contribution in [0.3, 0.4) is 0 Å². The number of fused-ring (bicyclic) bond motifs is 3. The second-order valence-corrected chi connectivity index (χ2v) is 10.1. The maximum Gasteiger partial charge on any atom is 0.278 e. The van der Waals surface area contributed by atoms with Crippen LogP contribution in [0.2, 0.25) is 0 Å². The second-order valence-electron chi connectivity index (χ2n) is 6.34. The molecule has 1 aliphatic rings. The third-order valence-electron chi connectivity index (χ3n) is 4.64. The van der Waals surface area contributed by atoms with Crippen LogP contribution < -0.4 is 8.45 Å². The number of hydrogen-bond donors (Lipinski definition) is 0. The number of rotatable bonds is 4. The minimum absolute atomic E-state index is 0.0913. The summed E-state index contributed by atoms with van der Waals surface area (Å²) >= 11 is 0. The van der Waals surface area contributed by atoms with Gasteiger partial charge in [-0.25, -0.2) is 8.42 Å². The van der Waals surface area contributed by atoms with Crippen LogP contribution in [0.15, 0.2) is 76.5 Å². The monoisotopic (exact) mass is 446 g/mol. The molecule has 4 rings (SSSR count). The summed E-state index contributed by atoms with van der Waals surface area (Å²) in [7, 11) is -7.75. The fraction of sp³-hybridized carbons (Fsp3) is 0.0526. The van der Waals surface area contributed by atoms with Gasteiger partial charge in [0.2, 0.25) is 0 Å². The van der Waals surface area contributed by atoms with Gasteiger partial charge in [-0.3, -0.25) is 10.1 Å². The van der Waals surface area contributed by atoms with Crippen molar-refractivity contribution in [1.29, 1.82) is 0 Å². The summed E-state index contributed by atoms with van der Waals surface area (Å²) in [5, 5.41) is 10.9. The van der Waals surface area contributed by atoms with Gasteiger partial charge in [0, 0.05) is 29.3 Å². The molecule has 0 amide bonds. The van der Waals surface area contributed by atoms with E-state index < -0.39 is 29.9 Å². The third kappa shape index (κ3) is 2.90. The highest BCUT2D eigenvalue weighted by atomic mass is 32.3. The summed E-state index contributed by atoms with van der Waals surface area (Å²) in [5.41, 5.74) is 0.353. The Labute approximate surface area is 172 Å². The van der Waals surface area contributed by atoms with Gasteiger partial charge in [-0.2, -0.15) is 12.1 Å². The van der Waals surface area contributed by atoms with Crippen molar-refractivity contribution in [2.45, 2.75) is 9.79 Å². The second kappa shape index (κ2) is 6.82. The van der Waals surface area contributed by atoms with Gasteiger partial charge in [-0.1, -0.05) is 18.2 Å². The minimum atomic E-state index is -4.63. The van der Waals surface area contributed by atoms with Crippen molar-refractivity contribution in [2.75, 3.05) is 10.8 Å². The molecule has 154 valence electrons. The lowest BCUT2D eigenvalue weighted by atomic mass is 10.0. The van der Waals surface area contributed by atoms with Crippen molar-refractivity contribution in [3.8, 4) is 16.9 Å². The smallest absolute Gasteiger partial charge is 0.278 e. The normalized spacial score (nSPS) is 14.5. The van der Waals surface area contributed by atoms with Crippen LogP contribution in [0.5, 0.6) is 5.75 Å². The Morgan fingerprint density at radius 3 is 2.27 bits per heavy atom. The Morgan fingerprint density at radius 2 is 1.63 bits per heavy atom. The zero-order chi connectivity index (χ0) is 21.7. The van der Waals surface area contributed by atoms with Crippen LogP contribution in [-0.2, 0) is 20.0 Å². The van der Waals surface area contributed by atoms with Crippen molar-refractivity contribution < 1.29 is 26.5 Å². The highest BCUT2D eigenvalue weighted by Crippen LogP contribution is 2.46. The van der Waals surface area contributed by atoms with Crippen LogP contribution in [0.4, 0.5) is 11.4 Å². The van der Waals surface area contributed by atoms with Gasteiger partial charge in [-0.05, 0) is 30.3 Å². The van der Waals surface area contributed by atoms with E-state index in [1.807, 2.05) is 0 Å². The number of hydrogen-bond acceptors (Lipinski definition) is 7. The molecule has 0 unspecified atom stereocenters. The number of nitrogens with zero attached hydrogens (tertiary/aromatic N) is 2. The van der Waals surface area contributed by atoms with Crippen LogP contribution in [0, 0.1) is 10.1 Å². The van der Waals surface area contributed by atoms with Gasteiger partial charge >= 0.3 is 0 Å². The van der Waals surface area contributed by atoms with Crippen molar-refractivity contribution >= 4 is 31.4 Å². The summed E-state index contributed by atoms with van der Waals surface area (Å²) in [6.45, 7) is 0. The molecule has 11 heteroatoms. The van der Waals surface area contributed by atoms with E-state index in [4.69, 9.17) is 4.74 Å². The molecule has 0 spiro atoms. The van der Waals surface area contributed by atoms with E-state index in [0.29, 0.717) is 14.8 Å². The first kappa shape index (κ1) is 19.9. The summed E-state index contributed by atoms with van der Waals surface area (Å²) in [4.78, 5) is 9.64. The maximum absolute atomic E-state index is 13.4. The van der Waals surface area contributed by atoms with Gasteiger partial charge < -0.3 is 4.74 Å². The predicted octanol–water partition coefficient (Wildman–Crippen LogP) is 3.17. The largest absolute Gasteiger partial charge is 0.497 e. The molecule has 1 heterocycles. The highest BCUT2D eigenvalue weighted by molar-refractivity contribution is 8.10. The molecule has 1 aliphatic heterocycles. The molecular weight excluding hydrogens is 432 g/mol. The lowest BCUT2D eigenvalue weighted by molar-refractivity contribution is -0.384. The Kier molecular flexibility index (Phi) is 4.51. The first-order chi connectivity index (χ1) is 14.2. The number of sulfonamides is 2. The number of nitro benzene ring substituents is 1. The molecule has 0 N–H and O–H groups in total. The quantitative estimate of drug-likeness (QED) is 0.445. The zero-order valence-electron chi connectivity index (χ0n) is 15.4. The number of methoxy groups -OCH3 is 1. The molecule has 3 aromatic carbocycles. The fourth-order valence-electron chi connectivity index (χ4n) is 3.24. The van der Waals surface area contributed by atoms with E-state index in [0.717, 1.165) is 24.3 Å². The van der Waals surface area contributed by atoms with E-state index >= 15 is 0 Å². The first-order valence-corrected chi connectivity index (χ1v) is 11.4. The van der Waals surface area contributed by atoms with Gasteiger partial charge in [0.25, 0.3) is 25.7 Å². The molecule has 0 fully saturated rings. The Balaban J connectivity index is 2.00. The molecule has 0 aromatic heterocycles. The molecule has 0 atom stereocenters. The summed E-state index contributed by atoms with van der Waals surface area (Å²) < 4.78 is 59.0. The number of anilines is 1. The molecule has 0 bridgehead atoms. The molecule has 0 saturated carbocycles. The summed E-state index contributed by atoms with van der Waals surface area (Å²) in [6, 6.07) is 14.6. The molecule has 0 saturated heterocycles. The van der Waals surface area contributed by atoms with E-state index in [9.17, 15) is 26.9 Å². The lowest BCUT2D eigenvalue weighted by Crippen LogP contribution is -2.39. The number of ether oxygens (including phenoxy) is 1. The number of non-ortho nitro benzene ring substituents is 1. The topological polar surface area (TPSA) is 124 Å². The molecule has 30 heavy (non-hydrogen) atoms. The molecule has 9 nitrogen and oxygen atoms in total. The number of nitro groups is 1. The van der Waals surface area contributed by atoms with E-state index in [-0.39, 0.29) is 22.0 Å². The van der Waals surface area contributed by atoms with E-state index in [1.165, 1.54) is 25.3 Å². The van der Waals surface area contributed by atoms with Gasteiger partial charge in [0.15, 0.2) is 0 Å². The van der Waals surface area contributed by atoms with E-state index in [1.54, 1.807) is 24.3 Å². The van der Waals surface area contributed by atoms with Crippen LogP contribution in [-0.4, -0.2) is 28.9 Å². The predicted molar refractivity (Wildman–Crippen MR) is 108 cm³/mol.